The molecule has 0 radical (unpaired) electrons. The van der Waals surface area contributed by atoms with Crippen LogP contribution in [0.4, 0.5) is 0 Å². The molecule has 1 amide bonds. The molecule has 98 valence electrons. The van der Waals surface area contributed by atoms with Crippen molar-refractivity contribution >= 4 is 5.91 Å². The molecule has 1 aliphatic carbocycles. The fraction of sp³-hybridized carbons (Fsp3) is 0.786. The summed E-state index contributed by atoms with van der Waals surface area (Å²) in [7, 11) is 0. The number of rotatable bonds is 5. The minimum atomic E-state index is -0.114. The highest BCUT2D eigenvalue weighted by Gasteiger charge is 2.23. The van der Waals surface area contributed by atoms with Crippen LogP contribution in [0.5, 0.6) is 0 Å². The molecular weight excluding hydrogens is 212 g/mol. The Balaban J connectivity index is 2.38. The number of hydrogen-bond acceptors (Lipinski definition) is 2. The van der Waals surface area contributed by atoms with Gasteiger partial charge in [-0.2, -0.15) is 0 Å². The maximum absolute atomic E-state index is 12.0. The molecule has 0 saturated carbocycles. The van der Waals surface area contributed by atoms with Crippen molar-refractivity contribution in [2.75, 3.05) is 0 Å². The number of carbonyl (C=O) groups excluding carboxylic acids is 1. The molecule has 0 aromatic carbocycles. The summed E-state index contributed by atoms with van der Waals surface area (Å²) in [4.78, 5) is 12.0. The van der Waals surface area contributed by atoms with Crippen molar-refractivity contribution in [3.8, 4) is 0 Å². The highest BCUT2D eigenvalue weighted by atomic mass is 16.2. The lowest BCUT2D eigenvalue weighted by Crippen LogP contribution is -2.52. The molecule has 1 aliphatic rings. The zero-order valence-electron chi connectivity index (χ0n) is 11.5. The van der Waals surface area contributed by atoms with Gasteiger partial charge < -0.3 is 10.6 Å². The molecule has 0 spiro atoms. The standard InChI is InChI=1S/C14H26N2O/c1-5-14(3,4)16-13(17)11(2)15-12-9-7-6-8-10-12/h6-7,11-12,15H,5,8-10H2,1-4H3,(H,16,17). The Morgan fingerprint density at radius 2 is 2.18 bits per heavy atom. The molecule has 0 fully saturated rings. The molecule has 0 aromatic heterocycles. The van der Waals surface area contributed by atoms with E-state index in [0.29, 0.717) is 6.04 Å². The summed E-state index contributed by atoms with van der Waals surface area (Å²) in [6.45, 7) is 8.14. The van der Waals surface area contributed by atoms with Crippen LogP contribution in [0.1, 0.15) is 53.4 Å². The molecule has 1 rings (SSSR count). The number of amides is 1. The Bertz CT molecular complexity index is 284. The molecular formula is C14H26N2O. The van der Waals surface area contributed by atoms with E-state index in [1.807, 2.05) is 6.92 Å². The van der Waals surface area contributed by atoms with E-state index in [4.69, 9.17) is 0 Å². The van der Waals surface area contributed by atoms with Crippen LogP contribution in [-0.2, 0) is 4.79 Å². The van der Waals surface area contributed by atoms with E-state index in [9.17, 15) is 4.79 Å². The minimum absolute atomic E-state index is 0.103. The van der Waals surface area contributed by atoms with Gasteiger partial charge in [0.25, 0.3) is 0 Å². The monoisotopic (exact) mass is 238 g/mol. The Morgan fingerprint density at radius 3 is 2.71 bits per heavy atom. The van der Waals surface area contributed by atoms with Crippen LogP contribution in [0.15, 0.2) is 12.2 Å². The van der Waals surface area contributed by atoms with Crippen molar-refractivity contribution < 1.29 is 4.79 Å². The predicted molar refractivity (Wildman–Crippen MR) is 71.9 cm³/mol. The van der Waals surface area contributed by atoms with Crippen LogP contribution >= 0.6 is 0 Å². The molecule has 0 aliphatic heterocycles. The average Bonchev–Trinajstić information content (AvgIpc) is 2.30. The lowest BCUT2D eigenvalue weighted by molar-refractivity contribution is -0.124. The second-order valence-electron chi connectivity index (χ2n) is 5.60. The van der Waals surface area contributed by atoms with Crippen LogP contribution < -0.4 is 10.6 Å². The van der Waals surface area contributed by atoms with Gasteiger partial charge in [0.2, 0.25) is 5.91 Å². The summed E-state index contributed by atoms with van der Waals surface area (Å²) in [6, 6.07) is 0.336. The third-order valence-electron chi connectivity index (χ3n) is 3.49. The van der Waals surface area contributed by atoms with E-state index in [2.05, 4.69) is 43.6 Å². The average molecular weight is 238 g/mol. The van der Waals surface area contributed by atoms with Gasteiger partial charge in [0.15, 0.2) is 0 Å². The van der Waals surface area contributed by atoms with E-state index < -0.39 is 0 Å². The van der Waals surface area contributed by atoms with E-state index >= 15 is 0 Å². The lowest BCUT2D eigenvalue weighted by Gasteiger charge is -2.29. The van der Waals surface area contributed by atoms with Gasteiger partial charge in [-0.25, -0.2) is 0 Å². The quantitative estimate of drug-likeness (QED) is 0.722. The molecule has 3 heteroatoms. The second kappa shape index (κ2) is 6.20. The van der Waals surface area contributed by atoms with Gasteiger partial charge in [0.05, 0.1) is 6.04 Å². The van der Waals surface area contributed by atoms with E-state index in [0.717, 1.165) is 25.7 Å². The minimum Gasteiger partial charge on any atom is -0.350 e. The molecule has 0 heterocycles. The van der Waals surface area contributed by atoms with Gasteiger partial charge in [-0.1, -0.05) is 19.1 Å². The molecule has 17 heavy (non-hydrogen) atoms. The molecule has 0 saturated heterocycles. The first-order valence-corrected chi connectivity index (χ1v) is 6.67. The fourth-order valence-electron chi connectivity index (χ4n) is 1.90. The Morgan fingerprint density at radius 1 is 1.47 bits per heavy atom. The van der Waals surface area contributed by atoms with Crippen molar-refractivity contribution in [3.63, 3.8) is 0 Å². The first-order chi connectivity index (χ1) is 7.94. The number of allylic oxidation sites excluding steroid dienone is 1. The third-order valence-corrected chi connectivity index (χ3v) is 3.49. The van der Waals surface area contributed by atoms with Gasteiger partial charge in [-0.15, -0.1) is 0 Å². The van der Waals surface area contributed by atoms with Crippen LogP contribution in [0.3, 0.4) is 0 Å². The van der Waals surface area contributed by atoms with Gasteiger partial charge in [0, 0.05) is 11.6 Å². The highest BCUT2D eigenvalue weighted by molar-refractivity contribution is 5.82. The zero-order chi connectivity index (χ0) is 12.9. The number of nitrogens with one attached hydrogen (secondary N) is 2. The summed E-state index contributed by atoms with van der Waals surface area (Å²) in [6.07, 6.45) is 8.63. The molecule has 2 N–H and O–H groups in total. The lowest BCUT2D eigenvalue weighted by atomic mass is 10.00. The summed E-state index contributed by atoms with van der Waals surface area (Å²) in [5, 5.41) is 6.48. The van der Waals surface area contributed by atoms with Crippen LogP contribution in [0, 0.1) is 0 Å². The Labute approximate surface area is 105 Å². The van der Waals surface area contributed by atoms with Gasteiger partial charge in [-0.05, 0) is 46.5 Å². The summed E-state index contributed by atoms with van der Waals surface area (Å²) in [5.41, 5.74) is -0.112. The number of hydrogen-bond donors (Lipinski definition) is 2. The predicted octanol–water partition coefficient (Wildman–Crippen LogP) is 2.38. The largest absolute Gasteiger partial charge is 0.350 e. The second-order valence-corrected chi connectivity index (χ2v) is 5.60. The van der Waals surface area contributed by atoms with Crippen LogP contribution in [0.25, 0.3) is 0 Å². The molecule has 3 nitrogen and oxygen atoms in total. The van der Waals surface area contributed by atoms with Crippen molar-refractivity contribution in [1.29, 1.82) is 0 Å². The maximum Gasteiger partial charge on any atom is 0.237 e. The molecule has 0 aromatic rings. The normalized spacial score (nSPS) is 22.2. The molecule has 0 bridgehead atoms. The van der Waals surface area contributed by atoms with E-state index in [-0.39, 0.29) is 17.5 Å². The number of carbonyl (C=O) groups is 1. The van der Waals surface area contributed by atoms with E-state index in [1.54, 1.807) is 0 Å². The first-order valence-electron chi connectivity index (χ1n) is 6.67. The van der Waals surface area contributed by atoms with Gasteiger partial charge in [-0.3, -0.25) is 4.79 Å². The van der Waals surface area contributed by atoms with Gasteiger partial charge in [0.1, 0.15) is 0 Å². The van der Waals surface area contributed by atoms with Crippen molar-refractivity contribution in [1.82, 2.24) is 10.6 Å². The molecule has 2 unspecified atom stereocenters. The van der Waals surface area contributed by atoms with E-state index in [1.165, 1.54) is 0 Å². The van der Waals surface area contributed by atoms with Crippen molar-refractivity contribution in [2.24, 2.45) is 0 Å². The van der Waals surface area contributed by atoms with Crippen molar-refractivity contribution in [2.45, 2.75) is 71.0 Å². The zero-order valence-corrected chi connectivity index (χ0v) is 11.5. The van der Waals surface area contributed by atoms with Crippen molar-refractivity contribution in [3.05, 3.63) is 12.2 Å². The highest BCUT2D eigenvalue weighted by Crippen LogP contribution is 2.12. The van der Waals surface area contributed by atoms with Gasteiger partial charge >= 0.3 is 0 Å². The topological polar surface area (TPSA) is 41.1 Å². The summed E-state index contributed by atoms with van der Waals surface area (Å²) in [5.74, 6) is 0.103. The summed E-state index contributed by atoms with van der Waals surface area (Å²) < 4.78 is 0. The SMILES string of the molecule is CCC(C)(C)NC(=O)C(C)NC1CC=CCC1. The fourth-order valence-corrected chi connectivity index (χ4v) is 1.90. The molecule has 2 atom stereocenters. The first kappa shape index (κ1) is 14.2. The maximum atomic E-state index is 12.0. The smallest absolute Gasteiger partial charge is 0.237 e. The Kier molecular flexibility index (Phi) is 5.19. The Hall–Kier alpha value is -0.830. The summed E-state index contributed by atoms with van der Waals surface area (Å²) >= 11 is 0. The van der Waals surface area contributed by atoms with Crippen LogP contribution in [0.2, 0.25) is 0 Å². The van der Waals surface area contributed by atoms with Crippen LogP contribution in [-0.4, -0.2) is 23.5 Å². The third kappa shape index (κ3) is 4.90.